The fourth-order valence-corrected chi connectivity index (χ4v) is 1.55. The zero-order valence-corrected chi connectivity index (χ0v) is 10.2. The number of hydrogen-bond donors (Lipinski definition) is 2. The van der Waals surface area contributed by atoms with Gasteiger partial charge in [-0.05, 0) is 44.2 Å². The Bertz CT molecular complexity index is 470. The molecule has 0 aliphatic carbocycles. The summed E-state index contributed by atoms with van der Waals surface area (Å²) in [5.74, 6) is 0. The molecule has 3 N–H and O–H groups in total. The molecule has 90 valence electrons. The summed E-state index contributed by atoms with van der Waals surface area (Å²) in [6.45, 7) is 4.96. The van der Waals surface area contributed by atoms with Gasteiger partial charge in [0.1, 0.15) is 0 Å². The molecule has 2 aromatic rings. The van der Waals surface area contributed by atoms with Crippen molar-refractivity contribution < 1.29 is 0 Å². The molecule has 1 heterocycles. The molecule has 0 radical (unpaired) electrons. The van der Waals surface area contributed by atoms with Crippen molar-refractivity contribution in [1.29, 1.82) is 0 Å². The Hall–Kier alpha value is -1.97. The number of benzene rings is 1. The molecule has 0 spiro atoms. The predicted molar refractivity (Wildman–Crippen MR) is 70.8 cm³/mol. The van der Waals surface area contributed by atoms with E-state index in [0.29, 0.717) is 6.04 Å². The fraction of sp³-hybridized carbons (Fsp3) is 0.308. The van der Waals surface area contributed by atoms with Crippen LogP contribution in [0.2, 0.25) is 0 Å². The summed E-state index contributed by atoms with van der Waals surface area (Å²) < 4.78 is 1.96. The topological polar surface area (TPSA) is 55.9 Å². The minimum atomic E-state index is 0.403. The molecule has 0 aliphatic heterocycles. The number of nitrogen functional groups attached to an aromatic ring is 1. The molecule has 0 saturated carbocycles. The zero-order chi connectivity index (χ0) is 12.3. The number of nitrogens with one attached hydrogen (secondary N) is 1. The van der Waals surface area contributed by atoms with E-state index in [0.717, 1.165) is 23.6 Å². The second kappa shape index (κ2) is 4.91. The first-order valence-corrected chi connectivity index (χ1v) is 5.78. The molecule has 1 aromatic heterocycles. The van der Waals surface area contributed by atoms with Gasteiger partial charge in [-0.15, -0.1) is 0 Å². The van der Waals surface area contributed by atoms with Gasteiger partial charge in [-0.1, -0.05) is 0 Å². The van der Waals surface area contributed by atoms with Crippen molar-refractivity contribution in [2.24, 2.45) is 0 Å². The normalized spacial score (nSPS) is 10.8. The highest BCUT2D eigenvalue weighted by Crippen LogP contribution is 2.12. The second-order valence-corrected chi connectivity index (χ2v) is 4.36. The first-order chi connectivity index (χ1) is 8.15. The minimum Gasteiger partial charge on any atom is -0.399 e. The average Bonchev–Trinajstić information content (AvgIpc) is 2.77. The van der Waals surface area contributed by atoms with Gasteiger partial charge in [0.05, 0.1) is 12.2 Å². The predicted octanol–water partition coefficient (Wildman–Crippen LogP) is 2.66. The first-order valence-electron chi connectivity index (χ1n) is 5.78. The fourth-order valence-electron chi connectivity index (χ4n) is 1.55. The maximum absolute atomic E-state index is 5.63. The van der Waals surface area contributed by atoms with Crippen LogP contribution in [0, 0.1) is 0 Å². The van der Waals surface area contributed by atoms with E-state index in [4.69, 9.17) is 5.73 Å². The molecule has 17 heavy (non-hydrogen) atoms. The number of nitrogens with two attached hydrogens (primary N) is 1. The van der Waals surface area contributed by atoms with Gasteiger partial charge in [0.2, 0.25) is 0 Å². The van der Waals surface area contributed by atoms with Crippen LogP contribution in [0.15, 0.2) is 36.5 Å². The van der Waals surface area contributed by atoms with E-state index >= 15 is 0 Å². The maximum atomic E-state index is 5.63. The number of anilines is 2. The van der Waals surface area contributed by atoms with Gasteiger partial charge < -0.3 is 11.1 Å². The highest BCUT2D eigenvalue weighted by Gasteiger charge is 2.01. The average molecular weight is 230 g/mol. The summed E-state index contributed by atoms with van der Waals surface area (Å²) in [5, 5.41) is 7.78. The van der Waals surface area contributed by atoms with Crippen LogP contribution in [0.25, 0.3) is 0 Å². The Morgan fingerprint density at radius 1 is 1.24 bits per heavy atom. The van der Waals surface area contributed by atoms with Gasteiger partial charge in [-0.3, -0.25) is 4.68 Å². The van der Waals surface area contributed by atoms with Gasteiger partial charge in [0.15, 0.2) is 0 Å². The number of nitrogens with zero attached hydrogens (tertiary/aromatic N) is 2. The third-order valence-corrected chi connectivity index (χ3v) is 2.58. The van der Waals surface area contributed by atoms with E-state index in [1.807, 2.05) is 41.2 Å². The number of aromatic nitrogens is 2. The van der Waals surface area contributed by atoms with Crippen molar-refractivity contribution in [3.63, 3.8) is 0 Å². The van der Waals surface area contributed by atoms with Crippen molar-refractivity contribution in [2.75, 3.05) is 11.1 Å². The maximum Gasteiger partial charge on any atom is 0.0815 e. The van der Waals surface area contributed by atoms with Crippen LogP contribution in [-0.4, -0.2) is 9.78 Å². The van der Waals surface area contributed by atoms with Crippen LogP contribution in [0.5, 0.6) is 0 Å². The van der Waals surface area contributed by atoms with Crippen LogP contribution < -0.4 is 11.1 Å². The zero-order valence-electron chi connectivity index (χ0n) is 10.2. The first kappa shape index (κ1) is 11.5. The van der Waals surface area contributed by atoms with Crippen LogP contribution in [0.1, 0.15) is 25.6 Å². The molecule has 0 bridgehead atoms. The van der Waals surface area contributed by atoms with E-state index < -0.39 is 0 Å². The Labute approximate surface area is 101 Å². The van der Waals surface area contributed by atoms with Gasteiger partial charge >= 0.3 is 0 Å². The van der Waals surface area contributed by atoms with Crippen LogP contribution in [0.4, 0.5) is 11.4 Å². The summed E-state index contributed by atoms with van der Waals surface area (Å²) in [4.78, 5) is 0. The molecule has 2 rings (SSSR count). The lowest BCUT2D eigenvalue weighted by molar-refractivity contribution is 0.527. The Morgan fingerprint density at radius 3 is 2.53 bits per heavy atom. The lowest BCUT2D eigenvalue weighted by Gasteiger charge is -2.06. The standard InChI is InChI=1S/C13H18N4/c1-10(2)17-8-7-13(16-17)9-15-12-5-3-11(14)4-6-12/h3-8,10,15H,9,14H2,1-2H3. The molecule has 0 saturated heterocycles. The van der Waals surface area contributed by atoms with Gasteiger partial charge in [0, 0.05) is 23.6 Å². The van der Waals surface area contributed by atoms with E-state index in [1.165, 1.54) is 0 Å². The molecule has 4 nitrogen and oxygen atoms in total. The summed E-state index contributed by atoms with van der Waals surface area (Å²) in [6, 6.07) is 10.1. The van der Waals surface area contributed by atoms with E-state index in [1.54, 1.807) is 0 Å². The van der Waals surface area contributed by atoms with Crippen molar-refractivity contribution in [3.05, 3.63) is 42.2 Å². The summed E-state index contributed by atoms with van der Waals surface area (Å²) in [5.41, 5.74) is 8.50. The number of rotatable bonds is 4. The quantitative estimate of drug-likeness (QED) is 0.794. The molecular weight excluding hydrogens is 212 g/mol. The van der Waals surface area contributed by atoms with Crippen LogP contribution in [-0.2, 0) is 6.54 Å². The van der Waals surface area contributed by atoms with E-state index in [2.05, 4.69) is 24.3 Å². The molecule has 0 aliphatic rings. The third-order valence-electron chi connectivity index (χ3n) is 2.58. The Kier molecular flexibility index (Phi) is 3.32. The number of hydrogen-bond acceptors (Lipinski definition) is 3. The molecule has 0 fully saturated rings. The van der Waals surface area contributed by atoms with Crippen molar-refractivity contribution in [3.8, 4) is 0 Å². The minimum absolute atomic E-state index is 0.403. The van der Waals surface area contributed by atoms with Crippen molar-refractivity contribution in [2.45, 2.75) is 26.4 Å². The summed E-state index contributed by atoms with van der Waals surface area (Å²) in [6.07, 6.45) is 2.00. The van der Waals surface area contributed by atoms with Crippen molar-refractivity contribution in [1.82, 2.24) is 9.78 Å². The van der Waals surface area contributed by atoms with Crippen LogP contribution >= 0.6 is 0 Å². The summed E-state index contributed by atoms with van der Waals surface area (Å²) in [7, 11) is 0. The second-order valence-electron chi connectivity index (χ2n) is 4.36. The Balaban J connectivity index is 1.95. The molecule has 0 amide bonds. The van der Waals surface area contributed by atoms with E-state index in [9.17, 15) is 0 Å². The molecular formula is C13H18N4. The van der Waals surface area contributed by atoms with Crippen LogP contribution in [0.3, 0.4) is 0 Å². The Morgan fingerprint density at radius 2 is 1.94 bits per heavy atom. The third kappa shape index (κ3) is 3.00. The van der Waals surface area contributed by atoms with Gasteiger partial charge in [0.25, 0.3) is 0 Å². The van der Waals surface area contributed by atoms with Gasteiger partial charge in [-0.2, -0.15) is 5.10 Å². The summed E-state index contributed by atoms with van der Waals surface area (Å²) >= 11 is 0. The smallest absolute Gasteiger partial charge is 0.0815 e. The lowest BCUT2D eigenvalue weighted by Crippen LogP contribution is -2.04. The highest BCUT2D eigenvalue weighted by molar-refractivity contribution is 5.51. The van der Waals surface area contributed by atoms with Gasteiger partial charge in [-0.25, -0.2) is 0 Å². The largest absolute Gasteiger partial charge is 0.399 e. The van der Waals surface area contributed by atoms with Crippen molar-refractivity contribution >= 4 is 11.4 Å². The van der Waals surface area contributed by atoms with E-state index in [-0.39, 0.29) is 0 Å². The SMILES string of the molecule is CC(C)n1ccc(CNc2ccc(N)cc2)n1. The lowest BCUT2D eigenvalue weighted by atomic mass is 10.3. The highest BCUT2D eigenvalue weighted by atomic mass is 15.3. The molecule has 0 unspecified atom stereocenters. The molecule has 1 aromatic carbocycles. The molecule has 4 heteroatoms. The molecule has 0 atom stereocenters. The monoisotopic (exact) mass is 230 g/mol.